The summed E-state index contributed by atoms with van der Waals surface area (Å²) in [6, 6.07) is 17.8. The van der Waals surface area contributed by atoms with Crippen molar-refractivity contribution in [3.8, 4) is 11.3 Å². The SMILES string of the molecule is CC(C)C(NC(=O)Cn1c(-c2ccccc2)ccc(NC(=O)OCc2ccccc2)c1=O)C(O)(O)C(F)(F)F. The molecule has 2 aromatic carbocycles. The maximum atomic E-state index is 13.3. The maximum Gasteiger partial charge on any atom is 0.445 e. The number of amides is 2. The summed E-state index contributed by atoms with van der Waals surface area (Å²) in [5.74, 6) is -6.34. The lowest BCUT2D eigenvalue weighted by molar-refractivity contribution is -0.362. The summed E-state index contributed by atoms with van der Waals surface area (Å²) in [5, 5.41) is 23.8. The first kappa shape index (κ1) is 29.4. The predicted octanol–water partition coefficient (Wildman–Crippen LogP) is 3.65. The molecule has 0 aliphatic rings. The number of alkyl halides is 3. The molecular weight excluding hydrogens is 519 g/mol. The van der Waals surface area contributed by atoms with Gasteiger partial charge in [-0.05, 0) is 29.2 Å². The summed E-state index contributed by atoms with van der Waals surface area (Å²) in [6.45, 7) is 1.69. The van der Waals surface area contributed by atoms with Gasteiger partial charge in [-0.15, -0.1) is 0 Å². The topological polar surface area (TPSA) is 130 Å². The van der Waals surface area contributed by atoms with Crippen molar-refractivity contribution >= 4 is 17.7 Å². The van der Waals surface area contributed by atoms with E-state index in [-0.39, 0.29) is 18.0 Å². The molecule has 12 heteroatoms. The number of nitrogens with one attached hydrogen (secondary N) is 2. The van der Waals surface area contributed by atoms with Gasteiger partial charge in [-0.3, -0.25) is 19.5 Å². The molecule has 208 valence electrons. The molecule has 0 fully saturated rings. The Labute approximate surface area is 221 Å². The van der Waals surface area contributed by atoms with E-state index >= 15 is 0 Å². The van der Waals surface area contributed by atoms with Gasteiger partial charge in [-0.1, -0.05) is 74.5 Å². The largest absolute Gasteiger partial charge is 0.445 e. The number of benzene rings is 2. The van der Waals surface area contributed by atoms with Crippen LogP contribution >= 0.6 is 0 Å². The van der Waals surface area contributed by atoms with Gasteiger partial charge in [-0.2, -0.15) is 13.2 Å². The summed E-state index contributed by atoms with van der Waals surface area (Å²) in [4.78, 5) is 38.5. The van der Waals surface area contributed by atoms with Gasteiger partial charge in [0.05, 0.1) is 11.7 Å². The molecule has 0 aliphatic carbocycles. The highest BCUT2D eigenvalue weighted by atomic mass is 19.4. The molecule has 0 saturated carbocycles. The highest BCUT2D eigenvalue weighted by Crippen LogP contribution is 2.33. The van der Waals surface area contributed by atoms with Crippen molar-refractivity contribution in [1.82, 2.24) is 9.88 Å². The lowest BCUT2D eigenvalue weighted by atomic mass is 9.94. The Morgan fingerprint density at radius 1 is 0.949 bits per heavy atom. The standard InChI is InChI=1S/C27H28F3N3O6/c1-17(2)23(26(37,38)27(28,29)30)32-22(34)15-33-21(19-11-7-4-8-12-19)14-13-20(24(33)35)31-25(36)39-16-18-9-5-3-6-10-18/h3-14,17,23,37-38H,15-16H2,1-2H3,(H,31,36)(H,32,34). The molecule has 0 aliphatic heterocycles. The van der Waals surface area contributed by atoms with Crippen LogP contribution < -0.4 is 16.2 Å². The smallest absolute Gasteiger partial charge is 0.444 e. The zero-order valence-corrected chi connectivity index (χ0v) is 21.1. The van der Waals surface area contributed by atoms with Crippen LogP contribution in [0.3, 0.4) is 0 Å². The molecule has 9 nitrogen and oxygen atoms in total. The van der Waals surface area contributed by atoms with E-state index in [0.29, 0.717) is 11.1 Å². The fourth-order valence-corrected chi connectivity index (χ4v) is 3.83. The van der Waals surface area contributed by atoms with E-state index in [0.717, 1.165) is 4.57 Å². The molecule has 0 saturated heterocycles. The first-order valence-electron chi connectivity index (χ1n) is 11.9. The normalized spacial score (nSPS) is 12.6. The Morgan fingerprint density at radius 3 is 2.10 bits per heavy atom. The summed E-state index contributed by atoms with van der Waals surface area (Å²) in [5.41, 5.74) is 0.378. The lowest BCUT2D eigenvalue weighted by Gasteiger charge is -2.35. The van der Waals surface area contributed by atoms with Crippen molar-refractivity contribution in [2.24, 2.45) is 5.92 Å². The molecule has 2 amide bonds. The molecule has 3 rings (SSSR count). The highest BCUT2D eigenvalue weighted by molar-refractivity contribution is 5.85. The first-order valence-corrected chi connectivity index (χ1v) is 11.9. The van der Waals surface area contributed by atoms with Crippen molar-refractivity contribution < 1.29 is 37.7 Å². The van der Waals surface area contributed by atoms with Crippen molar-refractivity contribution in [3.05, 3.63) is 88.7 Å². The molecule has 0 spiro atoms. The third-order valence-electron chi connectivity index (χ3n) is 5.83. The quantitative estimate of drug-likeness (QED) is 0.303. The van der Waals surface area contributed by atoms with Gasteiger partial charge < -0.3 is 20.3 Å². The van der Waals surface area contributed by atoms with E-state index in [1.807, 2.05) is 5.32 Å². The van der Waals surface area contributed by atoms with Crippen LogP contribution in [0.15, 0.2) is 77.6 Å². The van der Waals surface area contributed by atoms with Crippen LogP contribution in [-0.2, 0) is 22.7 Å². The highest BCUT2D eigenvalue weighted by Gasteiger charge is 2.59. The van der Waals surface area contributed by atoms with Crippen molar-refractivity contribution in [2.45, 2.75) is 45.0 Å². The monoisotopic (exact) mass is 547 g/mol. The Kier molecular flexibility index (Phi) is 9.15. The average molecular weight is 548 g/mol. The molecule has 1 unspecified atom stereocenters. The van der Waals surface area contributed by atoms with Crippen LogP contribution in [0.4, 0.5) is 23.7 Å². The Hall–Kier alpha value is -4.16. The summed E-state index contributed by atoms with van der Waals surface area (Å²) < 4.78 is 45.9. The number of pyridine rings is 1. The van der Waals surface area contributed by atoms with Gasteiger partial charge in [0.1, 0.15) is 18.8 Å². The second kappa shape index (κ2) is 12.1. The average Bonchev–Trinajstić information content (AvgIpc) is 2.88. The third kappa shape index (κ3) is 7.24. The minimum absolute atomic E-state index is 0.0643. The Morgan fingerprint density at radius 2 is 1.54 bits per heavy atom. The van der Waals surface area contributed by atoms with Crippen molar-refractivity contribution in [1.29, 1.82) is 0 Å². The van der Waals surface area contributed by atoms with Gasteiger partial charge in [0, 0.05) is 0 Å². The number of anilines is 1. The van der Waals surface area contributed by atoms with Crippen molar-refractivity contribution in [3.63, 3.8) is 0 Å². The molecule has 0 bridgehead atoms. The molecule has 1 heterocycles. The molecule has 3 aromatic rings. The van der Waals surface area contributed by atoms with Crippen LogP contribution in [0.5, 0.6) is 0 Å². The molecule has 1 atom stereocenters. The van der Waals surface area contributed by atoms with Crippen LogP contribution in [0, 0.1) is 5.92 Å². The fraction of sp³-hybridized carbons (Fsp3) is 0.296. The number of nitrogens with zero attached hydrogens (tertiary/aromatic N) is 1. The number of carbonyl (C=O) groups is 2. The minimum Gasteiger partial charge on any atom is -0.444 e. The van der Waals surface area contributed by atoms with Crippen LogP contribution in [0.2, 0.25) is 0 Å². The van der Waals surface area contributed by atoms with E-state index in [1.54, 1.807) is 60.7 Å². The number of aliphatic hydroxyl groups is 2. The van der Waals surface area contributed by atoms with E-state index in [9.17, 15) is 37.8 Å². The predicted molar refractivity (Wildman–Crippen MR) is 136 cm³/mol. The molecule has 39 heavy (non-hydrogen) atoms. The summed E-state index contributed by atoms with van der Waals surface area (Å²) in [6.07, 6.45) is -6.39. The van der Waals surface area contributed by atoms with Crippen LogP contribution in [-0.4, -0.2) is 44.8 Å². The third-order valence-corrected chi connectivity index (χ3v) is 5.83. The lowest BCUT2D eigenvalue weighted by Crippen LogP contribution is -2.63. The van der Waals surface area contributed by atoms with Gasteiger partial charge >= 0.3 is 12.3 Å². The minimum atomic E-state index is -5.45. The number of hydrogen-bond acceptors (Lipinski definition) is 6. The van der Waals surface area contributed by atoms with E-state index in [1.165, 1.54) is 26.0 Å². The number of ether oxygens (including phenoxy) is 1. The Bertz CT molecular complexity index is 1340. The van der Waals surface area contributed by atoms with Crippen LogP contribution in [0.25, 0.3) is 11.3 Å². The number of rotatable bonds is 9. The number of aromatic nitrogens is 1. The summed E-state index contributed by atoms with van der Waals surface area (Å²) in [7, 11) is 0. The molecule has 4 N–H and O–H groups in total. The maximum absolute atomic E-state index is 13.3. The summed E-state index contributed by atoms with van der Waals surface area (Å²) >= 11 is 0. The van der Waals surface area contributed by atoms with Gasteiger partial charge in [0.15, 0.2) is 0 Å². The molecule has 0 radical (unpaired) electrons. The van der Waals surface area contributed by atoms with E-state index < -0.39 is 48.0 Å². The molecule has 1 aromatic heterocycles. The van der Waals surface area contributed by atoms with E-state index in [2.05, 4.69) is 5.32 Å². The Balaban J connectivity index is 1.89. The second-order valence-corrected chi connectivity index (χ2v) is 9.09. The second-order valence-electron chi connectivity index (χ2n) is 9.09. The van der Waals surface area contributed by atoms with Gasteiger partial charge in [-0.25, -0.2) is 4.79 Å². The van der Waals surface area contributed by atoms with Gasteiger partial charge in [0.2, 0.25) is 5.91 Å². The zero-order chi connectivity index (χ0) is 28.8. The fourth-order valence-electron chi connectivity index (χ4n) is 3.83. The van der Waals surface area contributed by atoms with Crippen LogP contribution in [0.1, 0.15) is 19.4 Å². The molecular formula is C27H28F3N3O6. The number of halogens is 3. The van der Waals surface area contributed by atoms with Crippen molar-refractivity contribution in [2.75, 3.05) is 5.32 Å². The number of carbonyl (C=O) groups excluding carboxylic acids is 2. The van der Waals surface area contributed by atoms with E-state index in [4.69, 9.17) is 4.74 Å². The van der Waals surface area contributed by atoms with Gasteiger partial charge in [0.25, 0.3) is 11.3 Å². The zero-order valence-electron chi connectivity index (χ0n) is 21.1. The number of hydrogen-bond donors (Lipinski definition) is 4. The first-order chi connectivity index (χ1) is 18.3.